The van der Waals surface area contributed by atoms with Gasteiger partial charge in [-0.3, -0.25) is 4.79 Å². The Labute approximate surface area is 177 Å². The van der Waals surface area contributed by atoms with Crippen molar-refractivity contribution in [3.8, 4) is 5.75 Å². The summed E-state index contributed by atoms with van der Waals surface area (Å²) in [6.07, 6.45) is 1.89. The molecule has 8 heteroatoms. The number of carbonyl (C=O) groups excluding carboxylic acids is 2. The predicted molar refractivity (Wildman–Crippen MR) is 105 cm³/mol. The van der Waals surface area contributed by atoms with Crippen LogP contribution in [-0.4, -0.2) is 35.5 Å². The number of amides is 1. The molecule has 31 heavy (non-hydrogen) atoms. The highest BCUT2D eigenvalue weighted by Gasteiger charge is 2.46. The van der Waals surface area contributed by atoms with Gasteiger partial charge in [-0.05, 0) is 43.4 Å². The van der Waals surface area contributed by atoms with Crippen molar-refractivity contribution >= 4 is 11.9 Å². The Morgan fingerprint density at radius 1 is 1.03 bits per heavy atom. The molecular formula is C23H22F3NO4. The van der Waals surface area contributed by atoms with Crippen molar-refractivity contribution in [3.05, 3.63) is 65.5 Å². The lowest BCUT2D eigenvalue weighted by molar-refractivity contribution is -0.0504. The number of Topliss-reactive ketones (excluding diaryl/α,β-unsaturated/α-hetero) is 1. The van der Waals surface area contributed by atoms with Crippen molar-refractivity contribution in [2.24, 2.45) is 5.92 Å². The van der Waals surface area contributed by atoms with Crippen molar-refractivity contribution in [2.45, 2.75) is 51.0 Å². The van der Waals surface area contributed by atoms with Crippen LogP contribution in [0.15, 0.2) is 48.5 Å². The summed E-state index contributed by atoms with van der Waals surface area (Å²) in [5, 5.41) is 0. The largest absolute Gasteiger partial charge is 0.445 e. The minimum absolute atomic E-state index is 0.0637. The van der Waals surface area contributed by atoms with Gasteiger partial charge in [-0.1, -0.05) is 30.3 Å². The molecule has 2 atom stereocenters. The second-order valence-corrected chi connectivity index (χ2v) is 7.88. The summed E-state index contributed by atoms with van der Waals surface area (Å²) in [6.45, 7) is -2.99. The first-order valence-corrected chi connectivity index (χ1v) is 10.2. The average molecular weight is 433 g/mol. The van der Waals surface area contributed by atoms with Crippen LogP contribution in [0.3, 0.4) is 0 Å². The van der Waals surface area contributed by atoms with E-state index >= 15 is 0 Å². The molecule has 2 fully saturated rings. The summed E-state index contributed by atoms with van der Waals surface area (Å²) >= 11 is 0. The van der Waals surface area contributed by atoms with Crippen LogP contribution < -0.4 is 4.74 Å². The van der Waals surface area contributed by atoms with Crippen LogP contribution in [0.2, 0.25) is 0 Å². The number of nitrogens with zero attached hydrogens (tertiary/aromatic N) is 1. The molecule has 2 aliphatic rings. The molecule has 0 aromatic heterocycles. The van der Waals surface area contributed by atoms with Crippen LogP contribution in [0.25, 0.3) is 0 Å². The van der Waals surface area contributed by atoms with Crippen molar-refractivity contribution in [2.75, 3.05) is 0 Å². The quantitative estimate of drug-likeness (QED) is 0.589. The SMILES string of the molecule is O=C(c1ccc(F)cc1OC(F)F)C1CC2CCC(C1)N2C(=O)OCc1ccccc1. The third kappa shape index (κ3) is 4.68. The number of hydrogen-bond acceptors (Lipinski definition) is 4. The number of benzene rings is 2. The zero-order valence-electron chi connectivity index (χ0n) is 16.7. The highest BCUT2D eigenvalue weighted by atomic mass is 19.3. The molecule has 2 aromatic rings. The number of piperidine rings is 1. The van der Waals surface area contributed by atoms with Gasteiger partial charge < -0.3 is 14.4 Å². The first kappa shape index (κ1) is 21.2. The van der Waals surface area contributed by atoms with Gasteiger partial charge in [0.25, 0.3) is 0 Å². The molecule has 2 saturated heterocycles. The normalized spacial score (nSPS) is 22.5. The number of fused-ring (bicyclic) bond motifs is 2. The first-order chi connectivity index (χ1) is 14.9. The van der Waals surface area contributed by atoms with E-state index in [4.69, 9.17) is 4.74 Å². The molecule has 164 valence electrons. The lowest BCUT2D eigenvalue weighted by Gasteiger charge is -2.37. The summed E-state index contributed by atoms with van der Waals surface area (Å²) in [6, 6.07) is 12.1. The van der Waals surface area contributed by atoms with E-state index in [2.05, 4.69) is 4.74 Å². The molecule has 0 spiro atoms. The van der Waals surface area contributed by atoms with Crippen LogP contribution in [0.1, 0.15) is 41.6 Å². The Morgan fingerprint density at radius 2 is 1.71 bits per heavy atom. The van der Waals surface area contributed by atoms with Crippen LogP contribution in [0.4, 0.5) is 18.0 Å². The van der Waals surface area contributed by atoms with Gasteiger partial charge in [0.15, 0.2) is 5.78 Å². The van der Waals surface area contributed by atoms with E-state index in [1.807, 2.05) is 30.3 Å². The van der Waals surface area contributed by atoms with Crippen LogP contribution in [0, 0.1) is 11.7 Å². The average Bonchev–Trinajstić information content (AvgIpc) is 3.01. The maximum atomic E-state index is 13.5. The van der Waals surface area contributed by atoms with Gasteiger partial charge in [0.05, 0.1) is 5.56 Å². The molecule has 2 aromatic carbocycles. The minimum atomic E-state index is -3.16. The third-order valence-electron chi connectivity index (χ3n) is 5.95. The molecule has 4 rings (SSSR count). The summed E-state index contributed by atoms with van der Waals surface area (Å²) in [5.41, 5.74) is 0.822. The third-order valence-corrected chi connectivity index (χ3v) is 5.95. The number of hydrogen-bond donors (Lipinski definition) is 0. The van der Waals surface area contributed by atoms with E-state index < -0.39 is 30.2 Å². The minimum Gasteiger partial charge on any atom is -0.445 e. The zero-order valence-corrected chi connectivity index (χ0v) is 16.7. The van der Waals surface area contributed by atoms with Gasteiger partial charge in [-0.2, -0.15) is 8.78 Å². The van der Waals surface area contributed by atoms with E-state index in [9.17, 15) is 22.8 Å². The lowest BCUT2D eigenvalue weighted by Crippen LogP contribution is -2.48. The van der Waals surface area contributed by atoms with Gasteiger partial charge in [0.1, 0.15) is 18.2 Å². The van der Waals surface area contributed by atoms with E-state index in [1.54, 1.807) is 4.90 Å². The van der Waals surface area contributed by atoms with E-state index in [1.165, 1.54) is 6.07 Å². The first-order valence-electron chi connectivity index (χ1n) is 10.2. The smallest absolute Gasteiger partial charge is 0.410 e. The maximum Gasteiger partial charge on any atom is 0.410 e. The topological polar surface area (TPSA) is 55.8 Å². The zero-order chi connectivity index (χ0) is 22.0. The molecule has 0 saturated carbocycles. The Morgan fingerprint density at radius 3 is 2.35 bits per heavy atom. The van der Waals surface area contributed by atoms with Gasteiger partial charge >= 0.3 is 12.7 Å². The monoisotopic (exact) mass is 433 g/mol. The second kappa shape index (κ2) is 8.99. The number of ketones is 1. The Hall–Kier alpha value is -3.03. The van der Waals surface area contributed by atoms with Gasteiger partial charge in [0.2, 0.25) is 0 Å². The Kier molecular flexibility index (Phi) is 6.15. The number of alkyl halides is 2. The molecule has 5 nitrogen and oxygen atoms in total. The molecule has 0 N–H and O–H groups in total. The molecule has 2 heterocycles. The highest BCUT2D eigenvalue weighted by molar-refractivity contribution is 6.00. The van der Waals surface area contributed by atoms with Crippen LogP contribution >= 0.6 is 0 Å². The molecule has 1 amide bonds. The van der Waals surface area contributed by atoms with Gasteiger partial charge in [-0.25, -0.2) is 9.18 Å². The Bertz CT molecular complexity index is 939. The highest BCUT2D eigenvalue weighted by Crippen LogP contribution is 2.41. The molecule has 0 aliphatic carbocycles. The number of rotatable bonds is 6. The predicted octanol–water partition coefficient (Wildman–Crippen LogP) is 5.19. The van der Waals surface area contributed by atoms with Gasteiger partial charge in [0, 0.05) is 24.1 Å². The molecular weight excluding hydrogens is 411 g/mol. The molecule has 0 radical (unpaired) electrons. The fourth-order valence-electron chi connectivity index (χ4n) is 4.60. The van der Waals surface area contributed by atoms with Crippen LogP contribution in [0.5, 0.6) is 5.75 Å². The molecule has 2 bridgehead atoms. The van der Waals surface area contributed by atoms with Gasteiger partial charge in [-0.15, -0.1) is 0 Å². The standard InChI is InChI=1S/C23H22F3NO4/c24-16-6-9-19(20(12-16)31-22(25)26)21(28)15-10-17-7-8-18(11-15)27(17)23(29)30-13-14-4-2-1-3-5-14/h1-6,9,12,15,17-18,22H,7-8,10-11,13H2. The number of ether oxygens (including phenoxy) is 2. The van der Waals surface area contributed by atoms with E-state index in [-0.39, 0.29) is 30.0 Å². The van der Waals surface area contributed by atoms with E-state index in [0.717, 1.165) is 30.5 Å². The van der Waals surface area contributed by atoms with Crippen LogP contribution in [-0.2, 0) is 11.3 Å². The van der Waals surface area contributed by atoms with Crippen molar-refractivity contribution in [1.29, 1.82) is 0 Å². The second-order valence-electron chi connectivity index (χ2n) is 7.88. The van der Waals surface area contributed by atoms with E-state index in [0.29, 0.717) is 12.8 Å². The van der Waals surface area contributed by atoms with Crippen molar-refractivity contribution in [3.63, 3.8) is 0 Å². The summed E-state index contributed by atoms with van der Waals surface area (Å²) < 4.78 is 48.7. The fourth-order valence-corrected chi connectivity index (χ4v) is 4.60. The summed E-state index contributed by atoms with van der Waals surface area (Å²) in [4.78, 5) is 27.4. The number of halogens is 3. The summed E-state index contributed by atoms with van der Waals surface area (Å²) in [7, 11) is 0. The fraction of sp³-hybridized carbons (Fsp3) is 0.391. The summed E-state index contributed by atoms with van der Waals surface area (Å²) in [5.74, 6) is -2.05. The maximum absolute atomic E-state index is 13.5. The molecule has 2 unspecified atom stereocenters. The van der Waals surface area contributed by atoms with Crippen molar-refractivity contribution in [1.82, 2.24) is 4.90 Å². The lowest BCUT2D eigenvalue weighted by atomic mass is 9.84. The molecule has 2 aliphatic heterocycles. The van der Waals surface area contributed by atoms with Crippen molar-refractivity contribution < 1.29 is 32.2 Å². The number of carbonyl (C=O) groups is 2. The Balaban J connectivity index is 1.43.